The van der Waals surface area contributed by atoms with Gasteiger partial charge in [0.25, 0.3) is 5.24 Å². The number of carbonyl (C=O) groups excluding carboxylic acids is 2. The van der Waals surface area contributed by atoms with Gasteiger partial charge in [0.1, 0.15) is 17.9 Å². The van der Waals surface area contributed by atoms with Crippen molar-refractivity contribution < 1.29 is 14.3 Å². The molecule has 0 aliphatic carbocycles. The van der Waals surface area contributed by atoms with E-state index in [1.54, 1.807) is 11.3 Å². The van der Waals surface area contributed by atoms with Crippen LogP contribution in [0.4, 0.5) is 4.79 Å². The second-order valence-corrected chi connectivity index (χ2v) is 14.2. The summed E-state index contributed by atoms with van der Waals surface area (Å²) in [6, 6.07) is 45.7. The third-order valence-corrected chi connectivity index (χ3v) is 10.9. The Morgan fingerprint density at radius 2 is 1.31 bits per heavy atom. The summed E-state index contributed by atoms with van der Waals surface area (Å²) in [5.74, 6) is 0.584. The van der Waals surface area contributed by atoms with Crippen LogP contribution in [0.25, 0.3) is 10.2 Å². The molecule has 1 N–H and O–H groups in total. The van der Waals surface area contributed by atoms with E-state index in [0.29, 0.717) is 13.0 Å². The van der Waals surface area contributed by atoms with E-state index in [2.05, 4.69) is 23.5 Å². The maximum absolute atomic E-state index is 14.4. The van der Waals surface area contributed by atoms with Gasteiger partial charge in [0.05, 0.1) is 20.5 Å². The van der Waals surface area contributed by atoms with Crippen LogP contribution in [0.3, 0.4) is 0 Å². The van der Waals surface area contributed by atoms with Crippen LogP contribution in [0.1, 0.15) is 33.7 Å². The molecule has 1 saturated heterocycles. The molecule has 1 aliphatic heterocycles. The monoisotopic (exact) mass is 683 g/mol. The number of thioether (sulfide) groups is 1. The van der Waals surface area contributed by atoms with Gasteiger partial charge in [0.2, 0.25) is 5.91 Å². The number of hydrogen-bond donors (Lipinski definition) is 1. The van der Waals surface area contributed by atoms with Crippen LogP contribution < -0.4 is 10.1 Å². The molecule has 0 saturated carbocycles. The molecule has 49 heavy (non-hydrogen) atoms. The number of amides is 2. The molecular weight excluding hydrogens is 647 g/mol. The summed E-state index contributed by atoms with van der Waals surface area (Å²) < 4.78 is 7.22. The maximum Gasteiger partial charge on any atom is 0.290 e. The molecule has 2 amide bonds. The molecule has 1 aromatic heterocycles. The van der Waals surface area contributed by atoms with Crippen molar-refractivity contribution in [2.45, 2.75) is 30.1 Å². The predicted molar refractivity (Wildman–Crippen MR) is 199 cm³/mol. The lowest BCUT2D eigenvalue weighted by molar-refractivity contribution is -0.129. The molecule has 1 fully saturated rings. The molecule has 1 unspecified atom stereocenters. The number of nitrogens with zero attached hydrogens (tertiary/aromatic N) is 2. The highest BCUT2D eigenvalue weighted by Gasteiger charge is 2.53. The smallest absolute Gasteiger partial charge is 0.290 e. The zero-order chi connectivity index (χ0) is 33.5. The van der Waals surface area contributed by atoms with Crippen molar-refractivity contribution in [1.82, 2.24) is 15.2 Å². The topological polar surface area (TPSA) is 71.5 Å². The number of ether oxygens (including phenoxy) is 1. The molecule has 2 heterocycles. The second kappa shape index (κ2) is 15.2. The fourth-order valence-corrected chi connectivity index (χ4v) is 8.58. The molecule has 246 valence electrons. The number of hydrogen-bond acceptors (Lipinski definition) is 7. The van der Waals surface area contributed by atoms with Crippen molar-refractivity contribution in [1.29, 1.82) is 0 Å². The molecule has 0 spiro atoms. The van der Waals surface area contributed by atoms with Crippen LogP contribution >= 0.6 is 23.1 Å². The summed E-state index contributed by atoms with van der Waals surface area (Å²) in [4.78, 5) is 34.5. The Kier molecular flexibility index (Phi) is 10.2. The van der Waals surface area contributed by atoms with Gasteiger partial charge in [0, 0.05) is 13.0 Å². The Bertz CT molecular complexity index is 1870. The summed E-state index contributed by atoms with van der Waals surface area (Å²) in [5.41, 5.74) is 3.53. The van der Waals surface area contributed by atoms with Crippen molar-refractivity contribution in [2.75, 3.05) is 19.7 Å². The normalized spacial score (nSPS) is 14.9. The minimum Gasteiger partial charge on any atom is -0.492 e. The lowest BCUT2D eigenvalue weighted by Gasteiger charge is -2.42. The maximum atomic E-state index is 14.4. The molecular formula is C41H37N3O3S2. The Hall–Kier alpha value is -4.76. The molecule has 0 radical (unpaired) electrons. The summed E-state index contributed by atoms with van der Waals surface area (Å²) in [7, 11) is 0. The third-order valence-electron chi connectivity index (χ3n) is 8.81. The van der Waals surface area contributed by atoms with Crippen LogP contribution in [0, 0.1) is 0 Å². The van der Waals surface area contributed by atoms with Crippen molar-refractivity contribution >= 4 is 44.5 Å². The largest absolute Gasteiger partial charge is 0.492 e. The van der Waals surface area contributed by atoms with Gasteiger partial charge in [-0.15, -0.1) is 11.3 Å². The number of nitrogens with one attached hydrogen (secondary N) is 1. The number of thiazole rings is 1. The number of benzene rings is 5. The average molecular weight is 684 g/mol. The Morgan fingerprint density at radius 3 is 1.92 bits per heavy atom. The molecule has 1 atom stereocenters. The van der Waals surface area contributed by atoms with Crippen molar-refractivity contribution in [3.63, 3.8) is 0 Å². The van der Waals surface area contributed by atoms with E-state index in [-0.39, 0.29) is 11.1 Å². The fourth-order valence-electron chi connectivity index (χ4n) is 6.51. The van der Waals surface area contributed by atoms with Crippen LogP contribution in [0.15, 0.2) is 140 Å². The molecule has 6 nitrogen and oxygen atoms in total. The molecule has 7 rings (SSSR count). The summed E-state index contributed by atoms with van der Waals surface area (Å²) >= 11 is 2.88. The highest BCUT2D eigenvalue weighted by molar-refractivity contribution is 8.15. The first-order chi connectivity index (χ1) is 24.1. The van der Waals surface area contributed by atoms with E-state index in [4.69, 9.17) is 9.72 Å². The Labute approximate surface area is 295 Å². The average Bonchev–Trinajstić information content (AvgIpc) is 3.69. The summed E-state index contributed by atoms with van der Waals surface area (Å²) in [6.07, 6.45) is 2.43. The lowest BCUT2D eigenvalue weighted by atomic mass is 9.75. The first-order valence-corrected chi connectivity index (χ1v) is 18.3. The van der Waals surface area contributed by atoms with Crippen LogP contribution in [0.5, 0.6) is 5.75 Å². The van der Waals surface area contributed by atoms with Crippen LogP contribution in [-0.4, -0.2) is 46.0 Å². The first kappa shape index (κ1) is 32.8. The predicted octanol–water partition coefficient (Wildman–Crippen LogP) is 8.50. The number of imide groups is 1. The molecule has 6 aromatic rings. The van der Waals surface area contributed by atoms with Crippen molar-refractivity contribution in [2.24, 2.45) is 0 Å². The molecule has 1 aliphatic rings. The van der Waals surface area contributed by atoms with E-state index >= 15 is 0 Å². The highest BCUT2D eigenvalue weighted by Crippen LogP contribution is 2.47. The van der Waals surface area contributed by atoms with Gasteiger partial charge in [-0.05, 0) is 65.9 Å². The van der Waals surface area contributed by atoms with Crippen LogP contribution in [0.2, 0.25) is 0 Å². The standard InChI is InChI=1S/C41H37N3O3S2/c45-39-37(29-30-22-24-34(25-23-30)47-28-27-42-26-12-21-38-43-35-19-10-11-20-36(35)48-38)49-40(46)44(39)41(31-13-4-1-5-14-31,32-15-6-2-7-16-32)33-17-8-3-9-18-33/h1-11,13-20,22-25,37,42H,12,21,26-29H2. The van der Waals surface area contributed by atoms with Gasteiger partial charge in [-0.1, -0.05) is 127 Å². The van der Waals surface area contributed by atoms with Crippen molar-refractivity contribution in [3.05, 3.63) is 167 Å². The zero-order valence-electron chi connectivity index (χ0n) is 27.0. The Balaban J connectivity index is 0.979. The SMILES string of the molecule is O=C1SC(Cc2ccc(OCCNCCCc3nc4ccccc4s3)cc2)C(=O)N1C(c1ccccc1)(c1ccccc1)c1ccccc1. The summed E-state index contributed by atoms with van der Waals surface area (Å²) in [6.45, 7) is 2.21. The number of aryl methyl sites for hydroxylation is 1. The minimum absolute atomic E-state index is 0.193. The first-order valence-electron chi connectivity index (χ1n) is 16.6. The third kappa shape index (κ3) is 7.04. The quantitative estimate of drug-likeness (QED) is 0.0918. The van der Waals surface area contributed by atoms with Gasteiger partial charge < -0.3 is 10.1 Å². The molecule has 8 heteroatoms. The second-order valence-electron chi connectivity index (χ2n) is 12.0. The lowest BCUT2D eigenvalue weighted by Crippen LogP contribution is -2.51. The van der Waals surface area contributed by atoms with E-state index in [9.17, 15) is 9.59 Å². The van der Waals surface area contributed by atoms with E-state index in [1.807, 2.05) is 121 Å². The molecule has 5 aromatic carbocycles. The van der Waals surface area contributed by atoms with E-state index in [1.165, 1.54) is 14.6 Å². The fraction of sp³-hybridized carbons (Fsp3) is 0.195. The number of aromatic nitrogens is 1. The van der Waals surface area contributed by atoms with E-state index in [0.717, 1.165) is 71.2 Å². The number of fused-ring (bicyclic) bond motifs is 1. The Morgan fingerprint density at radius 1 is 0.714 bits per heavy atom. The summed E-state index contributed by atoms with van der Waals surface area (Å²) in [5, 5.41) is 3.84. The highest BCUT2D eigenvalue weighted by atomic mass is 32.2. The molecule has 0 bridgehead atoms. The van der Waals surface area contributed by atoms with Gasteiger partial charge in [-0.25, -0.2) is 4.98 Å². The number of para-hydroxylation sites is 1. The van der Waals surface area contributed by atoms with Gasteiger partial charge in [-0.2, -0.15) is 0 Å². The van der Waals surface area contributed by atoms with Gasteiger partial charge in [-0.3, -0.25) is 14.5 Å². The number of rotatable bonds is 14. The minimum atomic E-state index is -1.11. The van der Waals surface area contributed by atoms with Crippen LogP contribution in [-0.2, 0) is 23.2 Å². The zero-order valence-corrected chi connectivity index (χ0v) is 28.7. The number of carbonyl (C=O) groups is 2. The van der Waals surface area contributed by atoms with Gasteiger partial charge >= 0.3 is 0 Å². The van der Waals surface area contributed by atoms with Gasteiger partial charge in [0.15, 0.2) is 0 Å². The van der Waals surface area contributed by atoms with Crippen molar-refractivity contribution in [3.8, 4) is 5.75 Å². The van der Waals surface area contributed by atoms with E-state index < -0.39 is 10.8 Å².